The Morgan fingerprint density at radius 1 is 1.09 bits per heavy atom. The Morgan fingerprint density at radius 3 is 2.57 bits per heavy atom. The van der Waals surface area contributed by atoms with Crippen molar-refractivity contribution in [3.63, 3.8) is 0 Å². The molecule has 2 unspecified atom stereocenters. The summed E-state index contributed by atoms with van der Waals surface area (Å²) in [6.07, 6.45) is -5.88. The molecule has 2 N–H and O–H groups in total. The van der Waals surface area contributed by atoms with Crippen molar-refractivity contribution in [3.05, 3.63) is 54.1 Å². The largest absolute Gasteiger partial charge is 0.493 e. The maximum atomic E-state index is 14.0. The molecule has 3 aliphatic rings. The fourth-order valence-corrected chi connectivity index (χ4v) is 4.72. The lowest BCUT2D eigenvalue weighted by molar-refractivity contribution is -0.158. The molecule has 0 bridgehead atoms. The predicted octanol–water partition coefficient (Wildman–Crippen LogP) is 2.52. The molecule has 0 radical (unpaired) electrons. The minimum atomic E-state index is -4.94. The van der Waals surface area contributed by atoms with Gasteiger partial charge >= 0.3 is 12.2 Å². The van der Waals surface area contributed by atoms with Crippen LogP contribution in [-0.4, -0.2) is 54.0 Å². The minimum absolute atomic E-state index is 0.0182. The van der Waals surface area contributed by atoms with Gasteiger partial charge in [0.1, 0.15) is 18.3 Å². The SMILES string of the molecule is O=C1CC(C(F)(F)F)N(C(=O)CN2C(=O)NC3(CCOc4ccccc43)C2=O)c2ccccc2N1. The van der Waals surface area contributed by atoms with Gasteiger partial charge in [-0.1, -0.05) is 30.3 Å². The van der Waals surface area contributed by atoms with Crippen molar-refractivity contribution >= 4 is 35.1 Å². The monoisotopic (exact) mass is 488 g/mol. The summed E-state index contributed by atoms with van der Waals surface area (Å²) in [5.41, 5.74) is -1.24. The number of hydrogen-bond donors (Lipinski definition) is 2. The highest BCUT2D eigenvalue weighted by molar-refractivity contribution is 6.12. The third kappa shape index (κ3) is 3.65. The molecule has 12 heteroatoms. The van der Waals surface area contributed by atoms with Crippen molar-refractivity contribution in [3.8, 4) is 5.75 Å². The number of nitrogens with one attached hydrogen (secondary N) is 2. The number of fused-ring (bicyclic) bond motifs is 3. The van der Waals surface area contributed by atoms with Gasteiger partial charge in [-0.15, -0.1) is 0 Å². The van der Waals surface area contributed by atoms with Gasteiger partial charge in [-0.2, -0.15) is 13.2 Å². The Kier molecular flexibility index (Phi) is 5.18. The summed E-state index contributed by atoms with van der Waals surface area (Å²) in [5, 5.41) is 4.98. The summed E-state index contributed by atoms with van der Waals surface area (Å²) in [4.78, 5) is 52.8. The van der Waals surface area contributed by atoms with Crippen LogP contribution in [0.5, 0.6) is 5.75 Å². The number of amides is 5. The van der Waals surface area contributed by atoms with Gasteiger partial charge in [0.05, 0.1) is 24.4 Å². The van der Waals surface area contributed by atoms with Gasteiger partial charge in [-0.05, 0) is 18.2 Å². The van der Waals surface area contributed by atoms with Gasteiger partial charge in [-0.3, -0.25) is 24.2 Å². The van der Waals surface area contributed by atoms with Gasteiger partial charge in [0.25, 0.3) is 5.91 Å². The first-order valence-electron chi connectivity index (χ1n) is 10.8. The zero-order chi connectivity index (χ0) is 25.0. The molecule has 1 spiro atoms. The van der Waals surface area contributed by atoms with Gasteiger partial charge < -0.3 is 15.4 Å². The van der Waals surface area contributed by atoms with E-state index in [0.29, 0.717) is 21.1 Å². The highest BCUT2D eigenvalue weighted by atomic mass is 19.4. The minimum Gasteiger partial charge on any atom is -0.493 e. The zero-order valence-electron chi connectivity index (χ0n) is 18.1. The number of anilines is 2. The third-order valence-corrected chi connectivity index (χ3v) is 6.33. The van der Waals surface area contributed by atoms with E-state index in [4.69, 9.17) is 4.74 Å². The number of nitrogens with zero attached hydrogens (tertiary/aromatic N) is 2. The molecule has 1 saturated heterocycles. The summed E-state index contributed by atoms with van der Waals surface area (Å²) >= 11 is 0. The Balaban J connectivity index is 1.50. The second-order valence-corrected chi connectivity index (χ2v) is 8.41. The first kappa shape index (κ1) is 22.7. The number of carbonyl (C=O) groups is 4. The Hall–Kier alpha value is -4.09. The molecule has 0 aliphatic carbocycles. The van der Waals surface area contributed by atoms with Crippen molar-refractivity contribution in [1.29, 1.82) is 0 Å². The normalized spacial score (nSPS) is 23.7. The smallest absolute Gasteiger partial charge is 0.409 e. The van der Waals surface area contributed by atoms with E-state index < -0.39 is 54.5 Å². The number of rotatable bonds is 2. The molecule has 2 atom stereocenters. The Bertz CT molecular complexity index is 1250. The first-order chi connectivity index (χ1) is 16.6. The van der Waals surface area contributed by atoms with Crippen molar-refractivity contribution in [2.24, 2.45) is 0 Å². The van der Waals surface area contributed by atoms with E-state index in [1.807, 2.05) is 0 Å². The molecule has 3 heterocycles. The van der Waals surface area contributed by atoms with E-state index in [2.05, 4.69) is 10.6 Å². The van der Waals surface area contributed by atoms with Crippen molar-refractivity contribution < 1.29 is 37.1 Å². The first-order valence-corrected chi connectivity index (χ1v) is 10.8. The molecular formula is C23H19F3N4O5. The third-order valence-electron chi connectivity index (χ3n) is 6.33. The Labute approximate surface area is 196 Å². The molecule has 1 fully saturated rings. The molecule has 182 valence electrons. The molecule has 0 saturated carbocycles. The van der Waals surface area contributed by atoms with E-state index in [-0.39, 0.29) is 24.4 Å². The van der Waals surface area contributed by atoms with Gasteiger partial charge in [-0.25, -0.2) is 4.79 Å². The van der Waals surface area contributed by atoms with E-state index in [1.54, 1.807) is 24.3 Å². The lowest BCUT2D eigenvalue weighted by Crippen LogP contribution is -2.53. The van der Waals surface area contributed by atoms with Crippen LogP contribution in [0.25, 0.3) is 0 Å². The molecule has 0 aromatic heterocycles. The van der Waals surface area contributed by atoms with Crippen LogP contribution < -0.4 is 20.3 Å². The lowest BCUT2D eigenvalue weighted by atomic mass is 9.84. The lowest BCUT2D eigenvalue weighted by Gasteiger charge is -2.34. The summed E-state index contributed by atoms with van der Waals surface area (Å²) in [6.45, 7) is -0.821. The van der Waals surface area contributed by atoms with Crippen molar-refractivity contribution in [2.75, 3.05) is 23.4 Å². The number of imide groups is 1. The van der Waals surface area contributed by atoms with Gasteiger partial charge in [0.15, 0.2) is 5.54 Å². The molecule has 35 heavy (non-hydrogen) atoms. The number of hydrogen-bond acceptors (Lipinski definition) is 5. The van der Waals surface area contributed by atoms with Crippen LogP contribution in [0.3, 0.4) is 0 Å². The van der Waals surface area contributed by atoms with Crippen molar-refractivity contribution in [2.45, 2.75) is 30.6 Å². The van der Waals surface area contributed by atoms with E-state index in [9.17, 15) is 32.3 Å². The summed E-state index contributed by atoms with van der Waals surface area (Å²) in [5.74, 6) is -2.43. The molecule has 5 rings (SSSR count). The fraction of sp³-hybridized carbons (Fsp3) is 0.304. The second-order valence-electron chi connectivity index (χ2n) is 8.41. The van der Waals surface area contributed by atoms with Crippen LogP contribution in [0.15, 0.2) is 48.5 Å². The quantitative estimate of drug-likeness (QED) is 0.632. The standard InChI is InChI=1S/C23H19F3N4O5/c24-23(25,26)17-11-18(31)27-14-6-2-3-7-15(14)30(17)19(32)12-29-20(33)22(28-21(29)34)9-10-35-16-8-4-1-5-13(16)22/h1-8,17H,9-12H2,(H,27,31)(H,28,34). The second kappa shape index (κ2) is 8.00. The van der Waals surface area contributed by atoms with Crippen LogP contribution in [0, 0.1) is 0 Å². The number of carbonyl (C=O) groups excluding carboxylic acids is 4. The molecule has 2 aromatic carbocycles. The summed E-state index contributed by atoms with van der Waals surface area (Å²) in [7, 11) is 0. The summed E-state index contributed by atoms with van der Waals surface area (Å²) in [6, 6.07) is 8.78. The van der Waals surface area contributed by atoms with Gasteiger partial charge in [0.2, 0.25) is 11.8 Å². The number of benzene rings is 2. The maximum Gasteiger partial charge on any atom is 0.409 e. The average molecular weight is 488 g/mol. The number of alkyl halides is 3. The van der Waals surface area contributed by atoms with Crippen LogP contribution >= 0.6 is 0 Å². The van der Waals surface area contributed by atoms with Crippen LogP contribution in [0.1, 0.15) is 18.4 Å². The highest BCUT2D eigenvalue weighted by Crippen LogP contribution is 2.42. The molecule has 3 aliphatic heterocycles. The zero-order valence-corrected chi connectivity index (χ0v) is 18.1. The van der Waals surface area contributed by atoms with E-state index >= 15 is 0 Å². The van der Waals surface area contributed by atoms with E-state index in [1.165, 1.54) is 24.3 Å². The number of halogens is 3. The predicted molar refractivity (Wildman–Crippen MR) is 115 cm³/mol. The number of ether oxygens (including phenoxy) is 1. The number of urea groups is 1. The molecule has 2 aromatic rings. The van der Waals surface area contributed by atoms with Crippen LogP contribution in [0.4, 0.5) is 29.3 Å². The summed E-state index contributed by atoms with van der Waals surface area (Å²) < 4.78 is 47.5. The van der Waals surface area contributed by atoms with E-state index in [0.717, 1.165) is 0 Å². The van der Waals surface area contributed by atoms with Crippen LogP contribution in [0.2, 0.25) is 0 Å². The number of para-hydroxylation sites is 3. The van der Waals surface area contributed by atoms with Crippen molar-refractivity contribution in [1.82, 2.24) is 10.2 Å². The molecule has 9 nitrogen and oxygen atoms in total. The molecule has 5 amide bonds. The van der Waals surface area contributed by atoms with Gasteiger partial charge in [0, 0.05) is 12.0 Å². The topological polar surface area (TPSA) is 108 Å². The fourth-order valence-electron chi connectivity index (χ4n) is 4.72. The highest BCUT2D eigenvalue weighted by Gasteiger charge is 2.56. The average Bonchev–Trinajstić information content (AvgIpc) is 2.94. The maximum absolute atomic E-state index is 14.0. The Morgan fingerprint density at radius 2 is 1.80 bits per heavy atom. The molecular weight excluding hydrogens is 469 g/mol. The van der Waals surface area contributed by atoms with Crippen LogP contribution in [-0.2, 0) is 19.9 Å².